The van der Waals surface area contributed by atoms with E-state index >= 15 is 0 Å². The summed E-state index contributed by atoms with van der Waals surface area (Å²) in [6.07, 6.45) is 46.7. The van der Waals surface area contributed by atoms with Crippen molar-refractivity contribution in [3.8, 4) is 0 Å². The molecule has 0 aromatic carbocycles. The van der Waals surface area contributed by atoms with E-state index in [0.717, 1.165) is 44.9 Å². The van der Waals surface area contributed by atoms with Gasteiger partial charge in [0.15, 0.2) is 6.10 Å². The first-order chi connectivity index (χ1) is 23.6. The van der Waals surface area contributed by atoms with E-state index in [-0.39, 0.29) is 25.2 Å². The van der Waals surface area contributed by atoms with E-state index in [4.69, 9.17) is 9.47 Å². The van der Waals surface area contributed by atoms with Gasteiger partial charge in [0.2, 0.25) is 0 Å². The van der Waals surface area contributed by atoms with Gasteiger partial charge < -0.3 is 14.6 Å². The van der Waals surface area contributed by atoms with Crippen LogP contribution in [0.4, 0.5) is 0 Å². The maximum Gasteiger partial charge on any atom is 0.306 e. The summed E-state index contributed by atoms with van der Waals surface area (Å²) in [7, 11) is 0. The van der Waals surface area contributed by atoms with Gasteiger partial charge in [-0.1, -0.05) is 186 Å². The topological polar surface area (TPSA) is 72.8 Å². The highest BCUT2D eigenvalue weighted by molar-refractivity contribution is 5.70. The predicted octanol–water partition coefficient (Wildman–Crippen LogP) is 13.1. The molecule has 48 heavy (non-hydrogen) atoms. The fourth-order valence-electron chi connectivity index (χ4n) is 6.06. The SMILES string of the molecule is CCCCCC=CCC=CCCCCCCCCCCCC(=O)O[C@@H](CO)COC(=O)CCCCCCCCCCCCCCCCC. The summed E-state index contributed by atoms with van der Waals surface area (Å²) in [4.78, 5) is 24.3. The van der Waals surface area contributed by atoms with Gasteiger partial charge in [-0.25, -0.2) is 0 Å². The molecule has 0 aromatic heterocycles. The van der Waals surface area contributed by atoms with E-state index < -0.39 is 6.10 Å². The molecule has 0 aliphatic heterocycles. The second kappa shape index (κ2) is 39.8. The standard InChI is InChI=1S/C43H80O5/c1-3-5-7-9-11-13-15-17-19-20-21-22-24-26-28-30-32-34-36-38-43(46)48-41(39-44)40-47-42(45)37-35-33-31-29-27-25-23-18-16-14-12-10-8-6-4-2/h11,13,17,19,41,44H,3-10,12,14-16,18,20-40H2,1-2H3/t41-/m0/s1. The van der Waals surface area contributed by atoms with Crippen molar-refractivity contribution in [2.24, 2.45) is 0 Å². The summed E-state index contributed by atoms with van der Waals surface area (Å²) in [6.45, 7) is 4.13. The highest BCUT2D eigenvalue weighted by Gasteiger charge is 2.16. The summed E-state index contributed by atoms with van der Waals surface area (Å²) >= 11 is 0. The number of esters is 2. The average molecular weight is 677 g/mol. The monoisotopic (exact) mass is 677 g/mol. The molecule has 0 aromatic rings. The van der Waals surface area contributed by atoms with Crippen molar-refractivity contribution in [2.75, 3.05) is 13.2 Å². The molecule has 0 amide bonds. The Morgan fingerprint density at radius 1 is 0.479 bits per heavy atom. The van der Waals surface area contributed by atoms with Gasteiger partial charge in [-0.2, -0.15) is 0 Å². The molecule has 0 saturated heterocycles. The van der Waals surface area contributed by atoms with E-state index in [0.29, 0.717) is 12.8 Å². The Morgan fingerprint density at radius 3 is 1.27 bits per heavy atom. The van der Waals surface area contributed by atoms with Gasteiger partial charge in [0.25, 0.3) is 0 Å². The lowest BCUT2D eigenvalue weighted by Crippen LogP contribution is -2.28. The lowest BCUT2D eigenvalue weighted by atomic mass is 10.0. The fraction of sp³-hybridized carbons (Fsp3) is 0.860. The zero-order valence-electron chi connectivity index (χ0n) is 32.0. The maximum atomic E-state index is 12.2. The van der Waals surface area contributed by atoms with E-state index in [1.165, 1.54) is 148 Å². The van der Waals surface area contributed by atoms with Crippen molar-refractivity contribution in [3.63, 3.8) is 0 Å². The third-order valence-corrected chi connectivity index (χ3v) is 9.25. The summed E-state index contributed by atoms with van der Waals surface area (Å²) in [5, 5.41) is 9.56. The first-order valence-corrected chi connectivity index (χ1v) is 20.9. The third kappa shape index (κ3) is 37.2. The van der Waals surface area contributed by atoms with E-state index in [2.05, 4.69) is 38.2 Å². The van der Waals surface area contributed by atoms with Crippen molar-refractivity contribution in [3.05, 3.63) is 24.3 Å². The Hall–Kier alpha value is -1.62. The first kappa shape index (κ1) is 46.4. The number of allylic oxidation sites excluding steroid dienone is 4. The first-order valence-electron chi connectivity index (χ1n) is 20.9. The molecular formula is C43H80O5. The number of aliphatic hydroxyl groups is 1. The van der Waals surface area contributed by atoms with Crippen LogP contribution in [0.15, 0.2) is 24.3 Å². The number of hydrogen-bond donors (Lipinski definition) is 1. The molecule has 0 rings (SSSR count). The molecule has 0 heterocycles. The molecule has 1 atom stereocenters. The van der Waals surface area contributed by atoms with Gasteiger partial charge in [0.1, 0.15) is 6.61 Å². The Bertz CT molecular complexity index is 731. The van der Waals surface area contributed by atoms with Crippen LogP contribution in [0.2, 0.25) is 0 Å². The Balaban J connectivity index is 3.52. The summed E-state index contributed by atoms with van der Waals surface area (Å²) in [5.74, 6) is -0.586. The van der Waals surface area contributed by atoms with Gasteiger partial charge in [-0.05, 0) is 44.9 Å². The lowest BCUT2D eigenvalue weighted by Gasteiger charge is -2.15. The van der Waals surface area contributed by atoms with Crippen LogP contribution in [0.25, 0.3) is 0 Å². The van der Waals surface area contributed by atoms with Crippen molar-refractivity contribution >= 4 is 11.9 Å². The van der Waals surface area contributed by atoms with Crippen molar-refractivity contribution in [2.45, 2.75) is 225 Å². The highest BCUT2D eigenvalue weighted by Crippen LogP contribution is 2.15. The molecule has 0 fully saturated rings. The Morgan fingerprint density at radius 2 is 0.833 bits per heavy atom. The number of ether oxygens (including phenoxy) is 2. The van der Waals surface area contributed by atoms with E-state index in [1.54, 1.807) is 0 Å². The van der Waals surface area contributed by atoms with Gasteiger partial charge in [-0.15, -0.1) is 0 Å². The number of rotatable bonds is 38. The van der Waals surface area contributed by atoms with Crippen molar-refractivity contribution in [1.29, 1.82) is 0 Å². The molecule has 0 saturated carbocycles. The summed E-state index contributed by atoms with van der Waals surface area (Å²) in [6, 6.07) is 0. The van der Waals surface area contributed by atoms with Gasteiger partial charge in [0, 0.05) is 12.8 Å². The van der Waals surface area contributed by atoms with Crippen LogP contribution in [-0.4, -0.2) is 36.4 Å². The van der Waals surface area contributed by atoms with Crippen LogP contribution < -0.4 is 0 Å². The van der Waals surface area contributed by atoms with Crippen LogP contribution >= 0.6 is 0 Å². The predicted molar refractivity (Wildman–Crippen MR) is 205 cm³/mol. The van der Waals surface area contributed by atoms with Crippen LogP contribution in [0.3, 0.4) is 0 Å². The van der Waals surface area contributed by atoms with Gasteiger partial charge >= 0.3 is 11.9 Å². The molecule has 0 unspecified atom stereocenters. The van der Waals surface area contributed by atoms with Crippen molar-refractivity contribution < 1.29 is 24.2 Å². The molecule has 282 valence electrons. The molecule has 5 nitrogen and oxygen atoms in total. The highest BCUT2D eigenvalue weighted by atomic mass is 16.6. The summed E-state index contributed by atoms with van der Waals surface area (Å²) in [5.41, 5.74) is 0. The number of unbranched alkanes of at least 4 members (excludes halogenated alkanes) is 26. The Kier molecular flexibility index (Phi) is 38.5. The molecule has 5 heteroatoms. The molecule has 1 N–H and O–H groups in total. The fourth-order valence-corrected chi connectivity index (χ4v) is 6.06. The maximum absolute atomic E-state index is 12.2. The zero-order valence-corrected chi connectivity index (χ0v) is 32.0. The van der Waals surface area contributed by atoms with Crippen LogP contribution in [-0.2, 0) is 19.1 Å². The number of carbonyl (C=O) groups excluding carboxylic acids is 2. The smallest absolute Gasteiger partial charge is 0.306 e. The van der Waals surface area contributed by atoms with Crippen LogP contribution in [0, 0.1) is 0 Å². The van der Waals surface area contributed by atoms with Crippen LogP contribution in [0.1, 0.15) is 219 Å². The van der Waals surface area contributed by atoms with Gasteiger partial charge in [-0.3, -0.25) is 9.59 Å². The van der Waals surface area contributed by atoms with E-state index in [9.17, 15) is 14.7 Å². The second-order valence-corrected chi connectivity index (χ2v) is 14.1. The van der Waals surface area contributed by atoms with Crippen molar-refractivity contribution in [1.82, 2.24) is 0 Å². The normalized spacial score (nSPS) is 12.3. The summed E-state index contributed by atoms with van der Waals surface area (Å²) < 4.78 is 10.6. The average Bonchev–Trinajstić information content (AvgIpc) is 3.09. The van der Waals surface area contributed by atoms with E-state index in [1.807, 2.05) is 0 Å². The zero-order chi connectivity index (χ0) is 35.0. The molecule has 0 radical (unpaired) electrons. The minimum absolute atomic E-state index is 0.0629. The molecule has 0 aliphatic carbocycles. The minimum atomic E-state index is -0.768. The second-order valence-electron chi connectivity index (χ2n) is 14.1. The third-order valence-electron chi connectivity index (χ3n) is 9.25. The molecule has 0 aliphatic rings. The number of hydrogen-bond acceptors (Lipinski definition) is 5. The van der Waals surface area contributed by atoms with Gasteiger partial charge in [0.05, 0.1) is 6.61 Å². The van der Waals surface area contributed by atoms with Crippen LogP contribution in [0.5, 0.6) is 0 Å². The quantitative estimate of drug-likeness (QED) is 0.0400. The molecule has 0 spiro atoms. The molecular weight excluding hydrogens is 596 g/mol. The Labute approximate surface area is 298 Å². The minimum Gasteiger partial charge on any atom is -0.462 e. The lowest BCUT2D eigenvalue weighted by molar-refractivity contribution is -0.161. The largest absolute Gasteiger partial charge is 0.462 e. The number of aliphatic hydroxyl groups excluding tert-OH is 1. The number of carbonyl (C=O) groups is 2. The molecule has 0 bridgehead atoms.